The number of rotatable bonds is 4. The SMILES string of the molecule is C=C(F)C(=O)N1CCN(c2nc(SC)nc3cc(-c4cccc5cccc(Cl)c45)c(F)nc23)CC1. The van der Waals surface area contributed by atoms with Crippen molar-refractivity contribution in [1.29, 1.82) is 0 Å². The van der Waals surface area contributed by atoms with Crippen molar-refractivity contribution in [3.05, 3.63) is 65.8 Å². The summed E-state index contributed by atoms with van der Waals surface area (Å²) in [5.41, 5.74) is 1.75. The summed E-state index contributed by atoms with van der Waals surface area (Å²) in [6.45, 7) is 4.44. The second kappa shape index (κ2) is 9.39. The number of benzene rings is 2. The third-order valence-electron chi connectivity index (χ3n) is 6.01. The highest BCUT2D eigenvalue weighted by Gasteiger charge is 2.26. The molecule has 2 aromatic heterocycles. The van der Waals surface area contributed by atoms with E-state index in [-0.39, 0.29) is 13.1 Å². The number of halogens is 3. The molecular formula is C25H20ClF2N5OS. The number of piperazine rings is 1. The lowest BCUT2D eigenvalue weighted by molar-refractivity contribution is -0.128. The molecule has 0 aliphatic carbocycles. The van der Waals surface area contributed by atoms with Crippen LogP contribution in [0.3, 0.4) is 0 Å². The van der Waals surface area contributed by atoms with Gasteiger partial charge in [-0.1, -0.05) is 60.3 Å². The Labute approximate surface area is 209 Å². The van der Waals surface area contributed by atoms with Crippen LogP contribution in [0.15, 0.2) is 60.0 Å². The zero-order valence-corrected chi connectivity index (χ0v) is 20.3. The van der Waals surface area contributed by atoms with Gasteiger partial charge in [-0.25, -0.2) is 19.3 Å². The fourth-order valence-corrected chi connectivity index (χ4v) is 4.97. The zero-order valence-electron chi connectivity index (χ0n) is 18.8. The zero-order chi connectivity index (χ0) is 24.7. The average molecular weight is 512 g/mol. The lowest BCUT2D eigenvalue weighted by atomic mass is 9.99. The molecule has 1 amide bonds. The van der Waals surface area contributed by atoms with E-state index in [1.54, 1.807) is 12.1 Å². The van der Waals surface area contributed by atoms with Crippen molar-refractivity contribution in [3.8, 4) is 11.1 Å². The number of pyridine rings is 1. The van der Waals surface area contributed by atoms with Crippen LogP contribution < -0.4 is 4.90 Å². The van der Waals surface area contributed by atoms with Crippen LogP contribution in [0, 0.1) is 5.95 Å². The number of carbonyl (C=O) groups is 1. The second-order valence-electron chi connectivity index (χ2n) is 8.06. The van der Waals surface area contributed by atoms with Gasteiger partial charge in [0.1, 0.15) is 5.52 Å². The van der Waals surface area contributed by atoms with E-state index < -0.39 is 17.7 Å². The Balaban J connectivity index is 1.60. The molecule has 35 heavy (non-hydrogen) atoms. The van der Waals surface area contributed by atoms with Crippen LogP contribution >= 0.6 is 23.4 Å². The van der Waals surface area contributed by atoms with Crippen molar-refractivity contribution in [3.63, 3.8) is 0 Å². The third-order valence-corrected chi connectivity index (χ3v) is 6.87. The Morgan fingerprint density at radius 2 is 1.77 bits per heavy atom. The summed E-state index contributed by atoms with van der Waals surface area (Å²) in [4.78, 5) is 28.7. The molecule has 6 nitrogen and oxygen atoms in total. The standard InChI is InChI=1S/C25H20ClF2N5OS/c1-14(27)24(34)33-11-9-32(10-12-33)23-21-19(29-25(31-23)35-2)13-17(22(28)30-21)16-7-3-5-15-6-4-8-18(26)20(15)16/h3-8,13H,1,9-12H2,2H3. The Kier molecular flexibility index (Phi) is 6.29. The Bertz CT molecular complexity index is 1480. The smallest absolute Gasteiger partial charge is 0.282 e. The van der Waals surface area contributed by atoms with Gasteiger partial charge in [-0.15, -0.1) is 0 Å². The number of hydrogen-bond donors (Lipinski definition) is 0. The van der Waals surface area contributed by atoms with E-state index in [2.05, 4.69) is 21.5 Å². The molecular weight excluding hydrogens is 492 g/mol. The fraction of sp³-hybridized carbons (Fsp3) is 0.200. The molecule has 0 N–H and O–H groups in total. The number of aromatic nitrogens is 3. The van der Waals surface area contributed by atoms with Crippen LogP contribution in [0.25, 0.3) is 32.9 Å². The minimum absolute atomic E-state index is 0.289. The van der Waals surface area contributed by atoms with Gasteiger partial charge >= 0.3 is 0 Å². The molecule has 4 aromatic rings. The van der Waals surface area contributed by atoms with Crippen LogP contribution in [-0.2, 0) is 4.79 Å². The summed E-state index contributed by atoms with van der Waals surface area (Å²) in [7, 11) is 0. The van der Waals surface area contributed by atoms with Gasteiger partial charge in [-0.05, 0) is 29.3 Å². The largest absolute Gasteiger partial charge is 0.351 e. The van der Waals surface area contributed by atoms with Crippen molar-refractivity contribution < 1.29 is 13.6 Å². The van der Waals surface area contributed by atoms with Gasteiger partial charge in [0.15, 0.2) is 16.8 Å². The molecule has 0 spiro atoms. The summed E-state index contributed by atoms with van der Waals surface area (Å²) in [5, 5.41) is 2.67. The monoisotopic (exact) mass is 511 g/mol. The van der Waals surface area contributed by atoms with Crippen molar-refractivity contribution in [2.45, 2.75) is 5.16 Å². The molecule has 0 radical (unpaired) electrons. The molecule has 0 unspecified atom stereocenters. The first-order chi connectivity index (χ1) is 16.9. The van der Waals surface area contributed by atoms with Gasteiger partial charge in [-0.2, -0.15) is 4.39 Å². The summed E-state index contributed by atoms with van der Waals surface area (Å²) in [6.07, 6.45) is 1.86. The minimum atomic E-state index is -0.986. The summed E-state index contributed by atoms with van der Waals surface area (Å²) in [6, 6.07) is 12.8. The summed E-state index contributed by atoms with van der Waals surface area (Å²) >= 11 is 7.84. The molecule has 10 heteroatoms. The normalized spacial score (nSPS) is 14.1. The molecule has 1 aliphatic rings. The van der Waals surface area contributed by atoms with E-state index in [0.29, 0.717) is 51.2 Å². The molecule has 0 atom stereocenters. The maximum atomic E-state index is 15.5. The number of carbonyl (C=O) groups excluding carboxylic acids is 1. The highest BCUT2D eigenvalue weighted by atomic mass is 35.5. The summed E-state index contributed by atoms with van der Waals surface area (Å²) in [5.74, 6) is -1.88. The molecule has 1 fully saturated rings. The number of hydrogen-bond acceptors (Lipinski definition) is 6. The number of anilines is 1. The Morgan fingerprint density at radius 1 is 1.06 bits per heavy atom. The average Bonchev–Trinajstić information content (AvgIpc) is 2.87. The second-order valence-corrected chi connectivity index (χ2v) is 9.24. The molecule has 1 saturated heterocycles. The van der Waals surface area contributed by atoms with Crippen LogP contribution in [0.1, 0.15) is 0 Å². The van der Waals surface area contributed by atoms with Crippen molar-refractivity contribution in [2.75, 3.05) is 37.3 Å². The van der Waals surface area contributed by atoms with Crippen molar-refractivity contribution >= 4 is 56.9 Å². The highest BCUT2D eigenvalue weighted by Crippen LogP contribution is 2.37. The quantitative estimate of drug-likeness (QED) is 0.156. The van der Waals surface area contributed by atoms with Gasteiger partial charge in [0.05, 0.1) is 5.52 Å². The van der Waals surface area contributed by atoms with Crippen molar-refractivity contribution in [1.82, 2.24) is 19.9 Å². The van der Waals surface area contributed by atoms with Crippen LogP contribution in [0.5, 0.6) is 0 Å². The van der Waals surface area contributed by atoms with E-state index >= 15 is 4.39 Å². The molecule has 3 heterocycles. The first-order valence-electron chi connectivity index (χ1n) is 10.9. The van der Waals surface area contributed by atoms with Gasteiger partial charge in [0.2, 0.25) is 5.95 Å². The predicted octanol–water partition coefficient (Wildman–Crippen LogP) is 5.49. The molecule has 178 valence electrons. The highest BCUT2D eigenvalue weighted by molar-refractivity contribution is 7.98. The topological polar surface area (TPSA) is 62.2 Å². The molecule has 5 rings (SSSR count). The van der Waals surface area contributed by atoms with Crippen LogP contribution in [-0.4, -0.2) is 58.2 Å². The van der Waals surface area contributed by atoms with Crippen LogP contribution in [0.4, 0.5) is 14.6 Å². The number of fused-ring (bicyclic) bond motifs is 2. The molecule has 0 saturated carbocycles. The summed E-state index contributed by atoms with van der Waals surface area (Å²) < 4.78 is 28.8. The van der Waals surface area contributed by atoms with E-state index in [1.807, 2.05) is 41.5 Å². The van der Waals surface area contributed by atoms with Gasteiger partial charge in [-0.3, -0.25) is 4.79 Å². The van der Waals surface area contributed by atoms with E-state index in [0.717, 1.165) is 10.8 Å². The number of amides is 1. The predicted molar refractivity (Wildman–Crippen MR) is 136 cm³/mol. The first-order valence-corrected chi connectivity index (χ1v) is 12.5. The van der Waals surface area contributed by atoms with Crippen LogP contribution in [0.2, 0.25) is 5.02 Å². The maximum absolute atomic E-state index is 15.5. The number of thioether (sulfide) groups is 1. The van der Waals surface area contributed by atoms with E-state index in [4.69, 9.17) is 11.6 Å². The third kappa shape index (κ3) is 4.30. The maximum Gasteiger partial charge on any atom is 0.282 e. The fourth-order valence-electron chi connectivity index (χ4n) is 4.31. The molecule has 0 bridgehead atoms. The Hall–Kier alpha value is -3.30. The Morgan fingerprint density at radius 3 is 2.46 bits per heavy atom. The van der Waals surface area contributed by atoms with Crippen molar-refractivity contribution in [2.24, 2.45) is 0 Å². The van der Waals surface area contributed by atoms with E-state index in [1.165, 1.54) is 16.7 Å². The molecule has 1 aliphatic heterocycles. The minimum Gasteiger partial charge on any atom is -0.351 e. The lowest BCUT2D eigenvalue weighted by Crippen LogP contribution is -2.49. The lowest BCUT2D eigenvalue weighted by Gasteiger charge is -2.35. The first kappa shape index (κ1) is 23.4. The van der Waals surface area contributed by atoms with E-state index in [9.17, 15) is 9.18 Å². The molecule has 2 aromatic carbocycles. The van der Waals surface area contributed by atoms with Gasteiger partial charge in [0.25, 0.3) is 5.91 Å². The van der Waals surface area contributed by atoms with Gasteiger partial charge < -0.3 is 9.80 Å². The van der Waals surface area contributed by atoms with Gasteiger partial charge in [0, 0.05) is 42.2 Å². The number of nitrogens with zero attached hydrogens (tertiary/aromatic N) is 5.